The zero-order valence-electron chi connectivity index (χ0n) is 8.36. The van der Waals surface area contributed by atoms with E-state index in [9.17, 15) is 13.6 Å². The van der Waals surface area contributed by atoms with Crippen molar-refractivity contribution in [3.8, 4) is 0 Å². The van der Waals surface area contributed by atoms with E-state index < -0.39 is 11.6 Å². The number of aromatic nitrogens is 1. The number of hydrogen-bond donors (Lipinski definition) is 0. The lowest BCUT2D eigenvalue weighted by Gasteiger charge is -2.03. The smallest absolute Gasteiger partial charge is 0.185 e. The number of hydrogen-bond acceptors (Lipinski definition) is 1. The quantitative estimate of drug-likeness (QED) is 0.730. The summed E-state index contributed by atoms with van der Waals surface area (Å²) in [5.74, 6) is -1.89. The van der Waals surface area contributed by atoms with Crippen LogP contribution in [-0.4, -0.2) is 10.4 Å². The van der Waals surface area contributed by atoms with Crippen molar-refractivity contribution in [2.24, 2.45) is 0 Å². The third-order valence-electron chi connectivity index (χ3n) is 2.22. The number of carbonyl (C=O) groups excluding carboxylic acids is 1. The van der Waals surface area contributed by atoms with Gasteiger partial charge < -0.3 is 4.57 Å². The Morgan fingerprint density at radius 1 is 1.19 bits per heavy atom. The van der Waals surface area contributed by atoms with Gasteiger partial charge in [-0.1, -0.05) is 0 Å². The van der Waals surface area contributed by atoms with Crippen molar-refractivity contribution in [3.05, 3.63) is 59.9 Å². The molecule has 0 aliphatic heterocycles. The van der Waals surface area contributed by atoms with E-state index in [4.69, 9.17) is 0 Å². The SMILES string of the molecule is O=C(Cn1cccc1)c1ccc(F)cc1F. The van der Waals surface area contributed by atoms with Gasteiger partial charge in [-0.2, -0.15) is 0 Å². The summed E-state index contributed by atoms with van der Waals surface area (Å²) in [6.45, 7) is 0.0511. The second-order valence-electron chi connectivity index (χ2n) is 3.40. The molecule has 0 bridgehead atoms. The summed E-state index contributed by atoms with van der Waals surface area (Å²) in [6, 6.07) is 6.49. The van der Waals surface area contributed by atoms with E-state index in [1.807, 2.05) is 0 Å². The van der Waals surface area contributed by atoms with Crippen LogP contribution in [0.25, 0.3) is 0 Å². The molecule has 1 aromatic heterocycles. The largest absolute Gasteiger partial charge is 0.347 e. The summed E-state index contributed by atoms with van der Waals surface area (Å²) < 4.78 is 27.5. The van der Waals surface area contributed by atoms with Crippen molar-refractivity contribution in [1.29, 1.82) is 0 Å². The van der Waals surface area contributed by atoms with Gasteiger partial charge in [-0.15, -0.1) is 0 Å². The van der Waals surface area contributed by atoms with Crippen LogP contribution in [-0.2, 0) is 6.54 Å². The molecule has 0 radical (unpaired) electrons. The maximum Gasteiger partial charge on any atom is 0.185 e. The minimum Gasteiger partial charge on any atom is -0.347 e. The average Bonchev–Trinajstić information content (AvgIpc) is 2.70. The van der Waals surface area contributed by atoms with E-state index >= 15 is 0 Å². The monoisotopic (exact) mass is 221 g/mol. The molecule has 82 valence electrons. The number of Topliss-reactive ketones (excluding diaryl/α,β-unsaturated/α-hetero) is 1. The molecule has 0 saturated heterocycles. The lowest BCUT2D eigenvalue weighted by atomic mass is 10.1. The van der Waals surface area contributed by atoms with E-state index in [0.29, 0.717) is 6.07 Å². The van der Waals surface area contributed by atoms with E-state index in [0.717, 1.165) is 12.1 Å². The first-order valence-corrected chi connectivity index (χ1v) is 4.76. The molecule has 1 aromatic carbocycles. The zero-order chi connectivity index (χ0) is 11.5. The first-order valence-electron chi connectivity index (χ1n) is 4.76. The maximum atomic E-state index is 13.3. The summed E-state index contributed by atoms with van der Waals surface area (Å²) >= 11 is 0. The van der Waals surface area contributed by atoms with Crippen molar-refractivity contribution < 1.29 is 13.6 Å². The molecule has 16 heavy (non-hydrogen) atoms. The second kappa shape index (κ2) is 4.26. The van der Waals surface area contributed by atoms with Gasteiger partial charge in [0.15, 0.2) is 5.78 Å². The number of rotatable bonds is 3. The van der Waals surface area contributed by atoms with Crippen LogP contribution in [0.5, 0.6) is 0 Å². The molecule has 2 aromatic rings. The molecule has 0 aliphatic carbocycles. The highest BCUT2D eigenvalue weighted by Gasteiger charge is 2.12. The van der Waals surface area contributed by atoms with Crippen molar-refractivity contribution in [3.63, 3.8) is 0 Å². The summed E-state index contributed by atoms with van der Waals surface area (Å²) in [4.78, 5) is 11.7. The first kappa shape index (κ1) is 10.5. The minimum absolute atomic E-state index is 0.0511. The summed E-state index contributed by atoms with van der Waals surface area (Å²) in [5, 5.41) is 0. The Kier molecular flexibility index (Phi) is 2.81. The molecular weight excluding hydrogens is 212 g/mol. The molecule has 0 saturated carbocycles. The fraction of sp³-hybridized carbons (Fsp3) is 0.0833. The number of carbonyl (C=O) groups is 1. The van der Waals surface area contributed by atoms with Crippen molar-refractivity contribution >= 4 is 5.78 Å². The highest BCUT2D eigenvalue weighted by Crippen LogP contribution is 2.11. The molecule has 4 heteroatoms. The molecule has 0 N–H and O–H groups in total. The van der Waals surface area contributed by atoms with E-state index in [1.165, 1.54) is 0 Å². The third-order valence-corrected chi connectivity index (χ3v) is 2.22. The summed E-state index contributed by atoms with van der Waals surface area (Å²) in [7, 11) is 0. The molecule has 0 unspecified atom stereocenters. The highest BCUT2D eigenvalue weighted by atomic mass is 19.1. The Hall–Kier alpha value is -1.97. The Bertz CT molecular complexity index is 506. The van der Waals surface area contributed by atoms with E-state index in [2.05, 4.69) is 0 Å². The average molecular weight is 221 g/mol. The Morgan fingerprint density at radius 3 is 2.50 bits per heavy atom. The molecule has 2 rings (SSSR count). The molecule has 0 spiro atoms. The van der Waals surface area contributed by atoms with Gasteiger partial charge in [0.05, 0.1) is 12.1 Å². The lowest BCUT2D eigenvalue weighted by Crippen LogP contribution is -2.10. The zero-order valence-corrected chi connectivity index (χ0v) is 8.36. The number of halogens is 2. The highest BCUT2D eigenvalue weighted by molar-refractivity contribution is 5.96. The van der Waals surface area contributed by atoms with Gasteiger partial charge in [0.1, 0.15) is 11.6 Å². The topological polar surface area (TPSA) is 22.0 Å². The van der Waals surface area contributed by atoms with Gasteiger partial charge in [-0.25, -0.2) is 8.78 Å². The van der Waals surface area contributed by atoms with Gasteiger partial charge in [-0.05, 0) is 24.3 Å². The Labute approximate surface area is 91.1 Å². The summed E-state index contributed by atoms with van der Waals surface area (Å²) in [5.41, 5.74) is -0.0879. The predicted octanol–water partition coefficient (Wildman–Crippen LogP) is 2.65. The molecule has 1 heterocycles. The third kappa shape index (κ3) is 2.16. The molecule has 0 fully saturated rings. The molecule has 0 amide bonds. The van der Waals surface area contributed by atoms with Crippen molar-refractivity contribution in [2.75, 3.05) is 0 Å². The van der Waals surface area contributed by atoms with Gasteiger partial charge in [0, 0.05) is 18.5 Å². The standard InChI is InChI=1S/C12H9F2NO/c13-9-3-4-10(11(14)7-9)12(16)8-15-5-1-2-6-15/h1-7H,8H2. The number of nitrogens with zero attached hydrogens (tertiary/aromatic N) is 1. The second-order valence-corrected chi connectivity index (χ2v) is 3.40. The van der Waals surface area contributed by atoms with Crippen molar-refractivity contribution in [1.82, 2.24) is 4.57 Å². The van der Waals surface area contributed by atoms with Gasteiger partial charge >= 0.3 is 0 Å². The van der Waals surface area contributed by atoms with Crippen LogP contribution in [0.2, 0.25) is 0 Å². The van der Waals surface area contributed by atoms with E-state index in [-0.39, 0.29) is 17.9 Å². The van der Waals surface area contributed by atoms with Crippen LogP contribution in [0.15, 0.2) is 42.7 Å². The van der Waals surface area contributed by atoms with Gasteiger partial charge in [0.2, 0.25) is 0 Å². The van der Waals surface area contributed by atoms with Crippen LogP contribution in [0.1, 0.15) is 10.4 Å². The first-order chi connectivity index (χ1) is 7.66. The van der Waals surface area contributed by atoms with Crippen LogP contribution in [0.3, 0.4) is 0 Å². The normalized spacial score (nSPS) is 10.4. The fourth-order valence-electron chi connectivity index (χ4n) is 1.44. The van der Waals surface area contributed by atoms with Crippen LogP contribution >= 0.6 is 0 Å². The number of benzene rings is 1. The van der Waals surface area contributed by atoms with Gasteiger partial charge in [-0.3, -0.25) is 4.79 Å². The molecule has 0 aliphatic rings. The Morgan fingerprint density at radius 2 is 1.88 bits per heavy atom. The predicted molar refractivity (Wildman–Crippen MR) is 55.1 cm³/mol. The summed E-state index contributed by atoms with van der Waals surface area (Å²) in [6.07, 6.45) is 3.42. The van der Waals surface area contributed by atoms with Crippen LogP contribution < -0.4 is 0 Å². The van der Waals surface area contributed by atoms with Crippen molar-refractivity contribution in [2.45, 2.75) is 6.54 Å². The fourth-order valence-corrected chi connectivity index (χ4v) is 1.44. The Balaban J connectivity index is 2.21. The number of ketones is 1. The molecule has 2 nitrogen and oxygen atoms in total. The minimum atomic E-state index is -0.822. The van der Waals surface area contributed by atoms with Crippen LogP contribution in [0.4, 0.5) is 8.78 Å². The van der Waals surface area contributed by atoms with Gasteiger partial charge in [0.25, 0.3) is 0 Å². The maximum absolute atomic E-state index is 13.3. The van der Waals surface area contributed by atoms with Crippen LogP contribution in [0, 0.1) is 11.6 Å². The van der Waals surface area contributed by atoms with E-state index in [1.54, 1.807) is 29.1 Å². The molecular formula is C12H9F2NO. The molecule has 0 atom stereocenters. The lowest BCUT2D eigenvalue weighted by molar-refractivity contribution is 0.0968.